The highest BCUT2D eigenvalue weighted by Crippen LogP contribution is 2.34. The van der Waals surface area contributed by atoms with Gasteiger partial charge in [0.05, 0.1) is 26.3 Å². The number of benzene rings is 1. The average Bonchev–Trinajstić information content (AvgIpc) is 3.33. The number of ether oxygens (including phenoxy) is 2. The zero-order valence-electron chi connectivity index (χ0n) is 13.5. The molecule has 1 heterocycles. The molecule has 0 N–H and O–H groups in total. The summed E-state index contributed by atoms with van der Waals surface area (Å²) in [4.78, 5) is 13.7. The van der Waals surface area contributed by atoms with Crippen LogP contribution in [0.5, 0.6) is 11.5 Å². The van der Waals surface area contributed by atoms with Gasteiger partial charge < -0.3 is 18.9 Å². The Kier molecular flexibility index (Phi) is 4.23. The van der Waals surface area contributed by atoms with Crippen molar-refractivity contribution >= 4 is 5.91 Å². The molecule has 0 spiro atoms. The van der Waals surface area contributed by atoms with E-state index in [1.54, 1.807) is 26.2 Å². The zero-order chi connectivity index (χ0) is 16.4. The van der Waals surface area contributed by atoms with Crippen LogP contribution in [0.2, 0.25) is 0 Å². The van der Waals surface area contributed by atoms with E-state index in [9.17, 15) is 4.79 Å². The molecule has 0 unspecified atom stereocenters. The third kappa shape index (κ3) is 3.31. The number of carbonyl (C=O) groups is 1. The van der Waals surface area contributed by atoms with Gasteiger partial charge in [0.2, 0.25) is 5.91 Å². The third-order valence-corrected chi connectivity index (χ3v) is 3.93. The van der Waals surface area contributed by atoms with Crippen LogP contribution in [0.1, 0.15) is 18.5 Å². The zero-order valence-corrected chi connectivity index (χ0v) is 13.5. The second-order valence-corrected chi connectivity index (χ2v) is 5.72. The van der Waals surface area contributed by atoms with Crippen LogP contribution >= 0.6 is 0 Å². The van der Waals surface area contributed by atoms with Crippen LogP contribution in [-0.4, -0.2) is 37.2 Å². The molecule has 1 fully saturated rings. The van der Waals surface area contributed by atoms with Crippen molar-refractivity contribution in [1.82, 2.24) is 10.1 Å². The summed E-state index contributed by atoms with van der Waals surface area (Å²) in [6, 6.07) is 7.30. The van der Waals surface area contributed by atoms with Gasteiger partial charge in [-0.15, -0.1) is 0 Å². The number of hydrogen-bond donors (Lipinski definition) is 0. The summed E-state index contributed by atoms with van der Waals surface area (Å²) in [5.41, 5.74) is 1.48. The molecule has 1 saturated carbocycles. The lowest BCUT2D eigenvalue weighted by atomic mass is 10.1. The quantitative estimate of drug-likeness (QED) is 0.820. The third-order valence-electron chi connectivity index (χ3n) is 3.93. The fourth-order valence-electron chi connectivity index (χ4n) is 2.48. The smallest absolute Gasteiger partial charge is 0.225 e. The van der Waals surface area contributed by atoms with E-state index in [-0.39, 0.29) is 11.8 Å². The summed E-state index contributed by atoms with van der Waals surface area (Å²) >= 11 is 0. The summed E-state index contributed by atoms with van der Waals surface area (Å²) in [7, 11) is 5.00. The van der Waals surface area contributed by atoms with Crippen molar-refractivity contribution in [1.29, 1.82) is 0 Å². The van der Waals surface area contributed by atoms with Gasteiger partial charge in [0, 0.05) is 19.0 Å². The lowest BCUT2D eigenvalue weighted by molar-refractivity contribution is -0.131. The second-order valence-electron chi connectivity index (χ2n) is 5.72. The lowest BCUT2D eigenvalue weighted by Crippen LogP contribution is -2.27. The molecule has 6 heteroatoms. The molecule has 3 rings (SSSR count). The summed E-state index contributed by atoms with van der Waals surface area (Å²) in [5.74, 6) is 2.34. The molecule has 0 bridgehead atoms. The normalized spacial score (nSPS) is 13.7. The van der Waals surface area contributed by atoms with E-state index in [4.69, 9.17) is 14.0 Å². The second kappa shape index (κ2) is 6.32. The number of methoxy groups -OCH3 is 2. The van der Waals surface area contributed by atoms with Crippen molar-refractivity contribution in [3.8, 4) is 22.8 Å². The predicted molar refractivity (Wildman–Crippen MR) is 84.2 cm³/mol. The lowest BCUT2D eigenvalue weighted by Gasteiger charge is -2.14. The van der Waals surface area contributed by atoms with Crippen LogP contribution in [0, 0.1) is 5.92 Å². The molecule has 1 aromatic carbocycles. The highest BCUT2D eigenvalue weighted by Gasteiger charge is 2.32. The Hall–Kier alpha value is -2.50. The first kappa shape index (κ1) is 15.4. The van der Waals surface area contributed by atoms with E-state index in [1.807, 2.05) is 24.3 Å². The van der Waals surface area contributed by atoms with Gasteiger partial charge in [-0.25, -0.2) is 0 Å². The Labute approximate surface area is 135 Å². The van der Waals surface area contributed by atoms with Gasteiger partial charge in [-0.1, -0.05) is 5.16 Å². The predicted octanol–water partition coefficient (Wildman–Crippen LogP) is 2.73. The minimum Gasteiger partial charge on any atom is -0.497 e. The molecule has 1 aliphatic rings. The van der Waals surface area contributed by atoms with E-state index < -0.39 is 0 Å². The van der Waals surface area contributed by atoms with Gasteiger partial charge in [0.25, 0.3) is 0 Å². The minimum atomic E-state index is 0.175. The van der Waals surface area contributed by atoms with Gasteiger partial charge in [-0.2, -0.15) is 0 Å². The number of nitrogens with zero attached hydrogens (tertiary/aromatic N) is 2. The van der Waals surface area contributed by atoms with Crippen LogP contribution in [0.4, 0.5) is 0 Å². The van der Waals surface area contributed by atoms with Gasteiger partial charge >= 0.3 is 0 Å². The summed E-state index contributed by atoms with van der Waals surface area (Å²) in [6.45, 7) is 0.436. The number of rotatable bonds is 6. The van der Waals surface area contributed by atoms with Gasteiger partial charge in [-0.3, -0.25) is 4.79 Å². The van der Waals surface area contributed by atoms with Crippen LogP contribution in [-0.2, 0) is 11.3 Å². The molecule has 0 radical (unpaired) electrons. The maximum Gasteiger partial charge on any atom is 0.225 e. The van der Waals surface area contributed by atoms with Crippen molar-refractivity contribution in [2.75, 3.05) is 21.3 Å². The fraction of sp³-hybridized carbons (Fsp3) is 0.412. The first-order chi connectivity index (χ1) is 11.1. The molecule has 2 aromatic rings. The Morgan fingerprint density at radius 1 is 1.30 bits per heavy atom. The molecule has 122 valence electrons. The molecular weight excluding hydrogens is 296 g/mol. The van der Waals surface area contributed by atoms with E-state index >= 15 is 0 Å². The number of hydrogen-bond acceptors (Lipinski definition) is 5. The molecule has 6 nitrogen and oxygen atoms in total. The van der Waals surface area contributed by atoms with Gasteiger partial charge in [0.15, 0.2) is 5.76 Å². The SMILES string of the molecule is COc1ccc(OC)c(-c2cc(CN(C)C(=O)C3CC3)no2)c1. The van der Waals surface area contributed by atoms with Crippen molar-refractivity contribution in [2.24, 2.45) is 5.92 Å². The van der Waals surface area contributed by atoms with E-state index in [2.05, 4.69) is 5.16 Å². The van der Waals surface area contributed by atoms with Crippen LogP contribution < -0.4 is 9.47 Å². The molecule has 0 atom stereocenters. The Morgan fingerprint density at radius 2 is 2.09 bits per heavy atom. The standard InChI is InChI=1S/C17H20N2O4/c1-19(17(20)11-4-5-11)10-12-8-16(23-18-12)14-9-13(21-2)6-7-15(14)22-3/h6-9,11H,4-5,10H2,1-3H3. The van der Waals surface area contributed by atoms with Crippen molar-refractivity contribution < 1.29 is 18.8 Å². The highest BCUT2D eigenvalue weighted by molar-refractivity contribution is 5.80. The van der Waals surface area contributed by atoms with Crippen LogP contribution in [0.25, 0.3) is 11.3 Å². The molecule has 0 saturated heterocycles. The molecule has 1 aliphatic carbocycles. The molecule has 23 heavy (non-hydrogen) atoms. The van der Waals surface area contributed by atoms with Gasteiger partial charge in [-0.05, 0) is 31.0 Å². The molecule has 1 aromatic heterocycles. The highest BCUT2D eigenvalue weighted by atomic mass is 16.5. The monoisotopic (exact) mass is 316 g/mol. The maximum atomic E-state index is 12.0. The number of amides is 1. The van der Waals surface area contributed by atoms with Crippen LogP contribution in [0.15, 0.2) is 28.8 Å². The molecule has 1 amide bonds. The Morgan fingerprint density at radius 3 is 2.74 bits per heavy atom. The van der Waals surface area contributed by atoms with E-state index in [1.165, 1.54) is 0 Å². The minimum absolute atomic E-state index is 0.175. The van der Waals surface area contributed by atoms with Crippen molar-refractivity contribution in [2.45, 2.75) is 19.4 Å². The maximum absolute atomic E-state index is 12.0. The largest absolute Gasteiger partial charge is 0.497 e. The Bertz CT molecular complexity index is 706. The first-order valence-electron chi connectivity index (χ1n) is 7.55. The molecule has 0 aliphatic heterocycles. The summed E-state index contributed by atoms with van der Waals surface area (Å²) in [5, 5.41) is 4.06. The fourth-order valence-corrected chi connectivity index (χ4v) is 2.48. The summed E-state index contributed by atoms with van der Waals surface area (Å²) < 4.78 is 16.0. The summed E-state index contributed by atoms with van der Waals surface area (Å²) in [6.07, 6.45) is 1.99. The Balaban J connectivity index is 1.79. The van der Waals surface area contributed by atoms with Gasteiger partial charge in [0.1, 0.15) is 17.2 Å². The topological polar surface area (TPSA) is 64.8 Å². The van der Waals surface area contributed by atoms with E-state index in [0.717, 1.165) is 18.4 Å². The van der Waals surface area contributed by atoms with Crippen molar-refractivity contribution in [3.05, 3.63) is 30.0 Å². The molecular formula is C17H20N2O4. The average molecular weight is 316 g/mol. The first-order valence-corrected chi connectivity index (χ1v) is 7.55. The van der Waals surface area contributed by atoms with Crippen molar-refractivity contribution in [3.63, 3.8) is 0 Å². The number of aromatic nitrogens is 1. The van der Waals surface area contributed by atoms with E-state index in [0.29, 0.717) is 29.5 Å². The van der Waals surface area contributed by atoms with Crippen LogP contribution in [0.3, 0.4) is 0 Å². The number of carbonyl (C=O) groups excluding carboxylic acids is 1.